The van der Waals surface area contributed by atoms with Crippen LogP contribution < -0.4 is 4.90 Å². The predicted molar refractivity (Wildman–Crippen MR) is 115 cm³/mol. The third-order valence-electron chi connectivity index (χ3n) is 5.20. The van der Waals surface area contributed by atoms with Gasteiger partial charge in [-0.3, -0.25) is 4.99 Å². The van der Waals surface area contributed by atoms with Gasteiger partial charge in [-0.2, -0.15) is 10.4 Å². The van der Waals surface area contributed by atoms with E-state index in [9.17, 15) is 0 Å². The highest BCUT2D eigenvalue weighted by Crippen LogP contribution is 2.24. The molecular formula is C21H29N7. The second kappa shape index (κ2) is 9.36. The Morgan fingerprint density at radius 1 is 1.32 bits per heavy atom. The first-order chi connectivity index (χ1) is 13.7. The van der Waals surface area contributed by atoms with Crippen molar-refractivity contribution in [1.29, 1.82) is 5.26 Å². The second-order valence-electron chi connectivity index (χ2n) is 7.23. The molecular weight excluding hydrogens is 350 g/mol. The van der Waals surface area contributed by atoms with Gasteiger partial charge < -0.3 is 9.80 Å². The van der Waals surface area contributed by atoms with E-state index in [1.165, 1.54) is 12.8 Å². The van der Waals surface area contributed by atoms with E-state index in [0.717, 1.165) is 55.5 Å². The van der Waals surface area contributed by atoms with Crippen molar-refractivity contribution in [3.8, 4) is 6.07 Å². The van der Waals surface area contributed by atoms with Crippen LogP contribution in [0.3, 0.4) is 0 Å². The van der Waals surface area contributed by atoms with Gasteiger partial charge in [-0.25, -0.2) is 9.67 Å². The molecule has 148 valence electrons. The molecule has 1 atom stereocenters. The summed E-state index contributed by atoms with van der Waals surface area (Å²) < 4.78 is 1.83. The van der Waals surface area contributed by atoms with Gasteiger partial charge in [0.1, 0.15) is 11.5 Å². The maximum absolute atomic E-state index is 9.14. The number of rotatable bonds is 5. The molecule has 1 aromatic rings. The third-order valence-corrected chi connectivity index (χ3v) is 5.20. The van der Waals surface area contributed by atoms with Crippen molar-refractivity contribution in [2.75, 3.05) is 38.1 Å². The molecule has 0 aromatic carbocycles. The highest BCUT2D eigenvalue weighted by molar-refractivity contribution is 6.04. The molecule has 0 N–H and O–H groups in total. The quantitative estimate of drug-likeness (QED) is 0.582. The number of aliphatic imine (C=N–C) groups is 2. The molecule has 7 heteroatoms. The maximum atomic E-state index is 9.14. The minimum absolute atomic E-state index is 0.103. The van der Waals surface area contributed by atoms with E-state index in [-0.39, 0.29) is 5.92 Å². The van der Waals surface area contributed by atoms with Crippen LogP contribution in [0.4, 0.5) is 5.69 Å². The largest absolute Gasteiger partial charge is 0.368 e. The Hall–Kier alpha value is -2.88. The molecule has 3 rings (SSSR count). The number of allylic oxidation sites excluding steroid dienone is 3. The molecule has 0 bridgehead atoms. The van der Waals surface area contributed by atoms with Crippen LogP contribution in [0.5, 0.6) is 0 Å². The summed E-state index contributed by atoms with van der Waals surface area (Å²) in [4.78, 5) is 13.7. The Kier molecular flexibility index (Phi) is 6.64. The van der Waals surface area contributed by atoms with E-state index < -0.39 is 0 Å². The molecule has 0 aliphatic carbocycles. The summed E-state index contributed by atoms with van der Waals surface area (Å²) >= 11 is 0. The van der Waals surface area contributed by atoms with E-state index in [1.807, 2.05) is 37.0 Å². The van der Waals surface area contributed by atoms with E-state index >= 15 is 0 Å². The van der Waals surface area contributed by atoms with Crippen LogP contribution in [0.15, 0.2) is 40.2 Å². The van der Waals surface area contributed by atoms with Gasteiger partial charge in [0, 0.05) is 39.4 Å². The number of aromatic nitrogens is 2. The van der Waals surface area contributed by atoms with Gasteiger partial charge in [-0.05, 0) is 39.2 Å². The van der Waals surface area contributed by atoms with Gasteiger partial charge >= 0.3 is 0 Å². The van der Waals surface area contributed by atoms with Crippen molar-refractivity contribution < 1.29 is 0 Å². The zero-order valence-electron chi connectivity index (χ0n) is 17.0. The number of nitriles is 1. The Labute approximate surface area is 167 Å². The summed E-state index contributed by atoms with van der Waals surface area (Å²) in [6.07, 6.45) is 13.1. The van der Waals surface area contributed by atoms with Gasteiger partial charge in [-0.1, -0.05) is 6.08 Å². The van der Waals surface area contributed by atoms with Crippen LogP contribution in [0.1, 0.15) is 33.1 Å². The lowest BCUT2D eigenvalue weighted by molar-refractivity contribution is 0.522. The van der Waals surface area contributed by atoms with Gasteiger partial charge in [-0.15, -0.1) is 0 Å². The molecule has 0 radical (unpaired) electrons. The lowest BCUT2D eigenvalue weighted by atomic mass is 10.1. The molecule has 1 unspecified atom stereocenters. The first-order valence-electron chi connectivity index (χ1n) is 9.95. The third kappa shape index (κ3) is 4.50. The molecule has 2 saturated heterocycles. The second-order valence-corrected chi connectivity index (χ2v) is 7.23. The highest BCUT2D eigenvalue weighted by atomic mass is 15.3. The minimum Gasteiger partial charge on any atom is -0.368 e. The van der Waals surface area contributed by atoms with Crippen LogP contribution in [0, 0.1) is 17.2 Å². The number of anilines is 1. The normalized spacial score (nSPS) is 21.8. The molecule has 7 nitrogen and oxygen atoms in total. The fraction of sp³-hybridized carbons (Fsp3) is 0.524. The van der Waals surface area contributed by atoms with E-state index in [0.29, 0.717) is 0 Å². The van der Waals surface area contributed by atoms with E-state index in [2.05, 4.69) is 32.0 Å². The van der Waals surface area contributed by atoms with Gasteiger partial charge in [0.2, 0.25) is 0 Å². The molecule has 2 aliphatic rings. The monoisotopic (exact) mass is 379 g/mol. The predicted octanol–water partition coefficient (Wildman–Crippen LogP) is 3.19. The lowest BCUT2D eigenvalue weighted by Gasteiger charge is -2.18. The number of nitrogens with zero attached hydrogens (tertiary/aromatic N) is 7. The molecule has 0 spiro atoms. The van der Waals surface area contributed by atoms with Crippen molar-refractivity contribution >= 4 is 23.4 Å². The summed E-state index contributed by atoms with van der Waals surface area (Å²) in [6, 6.07) is 2.36. The van der Waals surface area contributed by atoms with Gasteiger partial charge in [0.25, 0.3) is 0 Å². The van der Waals surface area contributed by atoms with Gasteiger partial charge in [0.05, 0.1) is 35.8 Å². The Morgan fingerprint density at radius 3 is 2.75 bits per heavy atom. The molecule has 2 aliphatic heterocycles. The molecule has 28 heavy (non-hydrogen) atoms. The standard InChI is InChI=1S/C21H29N7/c1-4-7-21(26-9-5-6-10-26)25-17(2)20(14-23-3)28-16-19(13-24-28)27-11-8-18(12-22)15-27/h4,7,13-14,16,18H,5-6,8-11,15H2,1-3H3/b7-4-,20-17-,23-14-,25-21+. The van der Waals surface area contributed by atoms with Crippen LogP contribution in [-0.4, -0.2) is 60.0 Å². The van der Waals surface area contributed by atoms with Crippen LogP contribution in [-0.2, 0) is 0 Å². The van der Waals surface area contributed by atoms with Crippen LogP contribution in [0.2, 0.25) is 0 Å². The van der Waals surface area contributed by atoms with Crippen LogP contribution in [0.25, 0.3) is 5.70 Å². The number of hydrogen-bond donors (Lipinski definition) is 0. The Morgan fingerprint density at radius 2 is 2.11 bits per heavy atom. The average molecular weight is 380 g/mol. The Balaban J connectivity index is 1.89. The lowest BCUT2D eigenvalue weighted by Crippen LogP contribution is -2.26. The fourth-order valence-corrected chi connectivity index (χ4v) is 3.69. The molecule has 3 heterocycles. The van der Waals surface area contributed by atoms with Crippen molar-refractivity contribution in [2.24, 2.45) is 15.9 Å². The minimum atomic E-state index is 0.103. The number of likely N-dealkylation sites (tertiary alicyclic amines) is 1. The van der Waals surface area contributed by atoms with E-state index in [4.69, 9.17) is 10.3 Å². The van der Waals surface area contributed by atoms with Crippen molar-refractivity contribution in [2.45, 2.75) is 33.1 Å². The van der Waals surface area contributed by atoms with E-state index in [1.54, 1.807) is 13.3 Å². The SMILES string of the molecule is C\C=C/C(=N\C(C)=C(\C=N/C)n1cc(N2CCC(C#N)C2)cn1)N1CCCC1. The zero-order valence-corrected chi connectivity index (χ0v) is 17.0. The molecule has 2 fully saturated rings. The van der Waals surface area contributed by atoms with Crippen LogP contribution >= 0.6 is 0 Å². The summed E-state index contributed by atoms with van der Waals surface area (Å²) in [5.41, 5.74) is 2.76. The van der Waals surface area contributed by atoms with Crippen molar-refractivity contribution in [3.63, 3.8) is 0 Å². The highest BCUT2D eigenvalue weighted by Gasteiger charge is 2.23. The molecule has 0 amide bonds. The summed E-state index contributed by atoms with van der Waals surface area (Å²) in [5.74, 6) is 1.09. The van der Waals surface area contributed by atoms with Gasteiger partial charge in [0.15, 0.2) is 0 Å². The number of hydrogen-bond acceptors (Lipinski definition) is 5. The smallest absolute Gasteiger partial charge is 0.128 e. The average Bonchev–Trinajstić information content (AvgIpc) is 3.46. The first kappa shape index (κ1) is 19.9. The number of amidine groups is 1. The first-order valence-corrected chi connectivity index (χ1v) is 9.95. The topological polar surface area (TPSA) is 72.8 Å². The van der Waals surface area contributed by atoms with Crippen molar-refractivity contribution in [1.82, 2.24) is 14.7 Å². The summed E-state index contributed by atoms with van der Waals surface area (Å²) in [5, 5.41) is 13.7. The molecule has 1 aromatic heterocycles. The fourth-order valence-electron chi connectivity index (χ4n) is 3.69. The van der Waals surface area contributed by atoms with Crippen molar-refractivity contribution in [3.05, 3.63) is 30.2 Å². The Bertz CT molecular complexity index is 831. The summed E-state index contributed by atoms with van der Waals surface area (Å²) in [7, 11) is 1.76. The zero-order chi connectivity index (χ0) is 19.9. The summed E-state index contributed by atoms with van der Waals surface area (Å²) in [6.45, 7) is 7.77. The maximum Gasteiger partial charge on any atom is 0.128 e. The molecule has 0 saturated carbocycles.